The lowest BCUT2D eigenvalue weighted by Crippen LogP contribution is -2.27. The number of hydrogen-bond acceptors (Lipinski definition) is 1. The molecule has 14 heavy (non-hydrogen) atoms. The highest BCUT2D eigenvalue weighted by Crippen LogP contribution is 2.34. The topological polar surface area (TPSA) is 26.0 Å². The molecule has 0 aromatic heterocycles. The molecule has 1 aromatic carbocycles. The van der Waals surface area contributed by atoms with Crippen LogP contribution in [0.25, 0.3) is 0 Å². The normalized spacial score (nSPS) is 25.9. The van der Waals surface area contributed by atoms with Gasteiger partial charge in [-0.3, -0.25) is 0 Å². The third kappa shape index (κ3) is 1.69. The molecule has 2 N–H and O–H groups in total. The maximum atomic E-state index is 6.28. The highest BCUT2D eigenvalue weighted by Gasteiger charge is 2.25. The minimum Gasteiger partial charge on any atom is -0.324 e. The molecule has 0 fully saturated rings. The van der Waals surface area contributed by atoms with E-state index in [9.17, 15) is 0 Å². The molecule has 1 aromatic rings. The number of hydrogen-bond donors (Lipinski definition) is 1. The van der Waals surface area contributed by atoms with E-state index < -0.39 is 0 Å². The molecule has 0 spiro atoms. The van der Waals surface area contributed by atoms with E-state index in [-0.39, 0.29) is 6.04 Å². The van der Waals surface area contributed by atoms with Crippen molar-refractivity contribution in [2.75, 3.05) is 0 Å². The van der Waals surface area contributed by atoms with E-state index in [2.05, 4.69) is 31.2 Å². The molecular weight excluding hydrogens is 170 g/mol. The van der Waals surface area contributed by atoms with Crippen molar-refractivity contribution in [3.63, 3.8) is 0 Å². The molecule has 1 aliphatic rings. The summed E-state index contributed by atoms with van der Waals surface area (Å²) < 4.78 is 0. The molecule has 0 bridgehead atoms. The molecule has 76 valence electrons. The van der Waals surface area contributed by atoms with Gasteiger partial charge in [0.05, 0.1) is 0 Å². The molecule has 0 aliphatic heterocycles. The summed E-state index contributed by atoms with van der Waals surface area (Å²) >= 11 is 0. The Balaban J connectivity index is 2.22. The van der Waals surface area contributed by atoms with Crippen LogP contribution in [0.5, 0.6) is 0 Å². The van der Waals surface area contributed by atoms with Crippen LogP contribution in [-0.2, 0) is 6.42 Å². The fourth-order valence-electron chi connectivity index (χ4n) is 2.56. The van der Waals surface area contributed by atoms with Crippen LogP contribution in [-0.4, -0.2) is 0 Å². The van der Waals surface area contributed by atoms with Crippen molar-refractivity contribution < 1.29 is 0 Å². The molecule has 0 saturated heterocycles. The second-order valence-corrected chi connectivity index (χ2v) is 4.31. The van der Waals surface area contributed by atoms with Gasteiger partial charge in [0.1, 0.15) is 0 Å². The molecule has 2 rings (SSSR count). The highest BCUT2D eigenvalue weighted by molar-refractivity contribution is 5.32. The summed E-state index contributed by atoms with van der Waals surface area (Å²) in [6, 6.07) is 8.91. The standard InChI is InChI=1S/C13H19N/c1-2-5-11-9-8-10-6-3-4-7-12(10)13(11)14/h3-4,6-7,11,13H,2,5,8-9,14H2,1H3. The van der Waals surface area contributed by atoms with Gasteiger partial charge in [0.2, 0.25) is 0 Å². The zero-order valence-corrected chi connectivity index (χ0v) is 8.87. The number of benzene rings is 1. The summed E-state index contributed by atoms with van der Waals surface area (Å²) in [6.45, 7) is 2.24. The molecule has 1 heteroatoms. The maximum Gasteiger partial charge on any atom is 0.0326 e. The molecule has 0 radical (unpaired) electrons. The molecule has 0 amide bonds. The van der Waals surface area contributed by atoms with Crippen molar-refractivity contribution in [3.8, 4) is 0 Å². The number of aryl methyl sites for hydroxylation is 1. The molecular formula is C13H19N. The number of rotatable bonds is 2. The highest BCUT2D eigenvalue weighted by atomic mass is 14.7. The fraction of sp³-hybridized carbons (Fsp3) is 0.538. The fourth-order valence-corrected chi connectivity index (χ4v) is 2.56. The van der Waals surface area contributed by atoms with Gasteiger partial charge in [0, 0.05) is 6.04 Å². The summed E-state index contributed by atoms with van der Waals surface area (Å²) in [5.74, 6) is 0.704. The predicted molar refractivity (Wildman–Crippen MR) is 60.1 cm³/mol. The Labute approximate surface area is 86.3 Å². The summed E-state index contributed by atoms with van der Waals surface area (Å²) in [6.07, 6.45) is 5.01. The van der Waals surface area contributed by atoms with Crippen molar-refractivity contribution in [2.45, 2.75) is 38.6 Å². The van der Waals surface area contributed by atoms with E-state index in [0.29, 0.717) is 5.92 Å². The van der Waals surface area contributed by atoms with E-state index >= 15 is 0 Å². The van der Waals surface area contributed by atoms with Crippen molar-refractivity contribution in [3.05, 3.63) is 35.4 Å². The first-order valence-corrected chi connectivity index (χ1v) is 5.66. The van der Waals surface area contributed by atoms with Gasteiger partial charge in [-0.25, -0.2) is 0 Å². The third-order valence-corrected chi connectivity index (χ3v) is 3.37. The molecule has 1 aliphatic carbocycles. The van der Waals surface area contributed by atoms with E-state index in [1.54, 1.807) is 0 Å². The van der Waals surface area contributed by atoms with Crippen molar-refractivity contribution in [2.24, 2.45) is 11.7 Å². The van der Waals surface area contributed by atoms with E-state index in [0.717, 1.165) is 0 Å². The maximum absolute atomic E-state index is 6.28. The van der Waals surface area contributed by atoms with Crippen LogP contribution in [0.15, 0.2) is 24.3 Å². The average molecular weight is 189 g/mol. The van der Waals surface area contributed by atoms with Crippen LogP contribution in [0.2, 0.25) is 0 Å². The summed E-state index contributed by atoms with van der Waals surface area (Å²) in [5.41, 5.74) is 9.13. The van der Waals surface area contributed by atoms with Gasteiger partial charge in [-0.2, -0.15) is 0 Å². The third-order valence-electron chi connectivity index (χ3n) is 3.37. The predicted octanol–water partition coefficient (Wildman–Crippen LogP) is 3.05. The minimum atomic E-state index is 0.278. The van der Waals surface area contributed by atoms with Crippen molar-refractivity contribution in [1.82, 2.24) is 0 Å². The van der Waals surface area contributed by atoms with Gasteiger partial charge in [-0.15, -0.1) is 0 Å². The Hall–Kier alpha value is -0.820. The van der Waals surface area contributed by atoms with E-state index in [4.69, 9.17) is 5.73 Å². The summed E-state index contributed by atoms with van der Waals surface area (Å²) in [4.78, 5) is 0. The van der Waals surface area contributed by atoms with Crippen molar-refractivity contribution in [1.29, 1.82) is 0 Å². The van der Waals surface area contributed by atoms with Gasteiger partial charge in [-0.1, -0.05) is 37.6 Å². The SMILES string of the molecule is CCCC1CCc2ccccc2C1N. The summed E-state index contributed by atoms with van der Waals surface area (Å²) in [7, 11) is 0. The van der Waals surface area contributed by atoms with Crippen LogP contribution in [0.3, 0.4) is 0 Å². The van der Waals surface area contributed by atoms with Gasteiger partial charge >= 0.3 is 0 Å². The molecule has 0 heterocycles. The van der Waals surface area contributed by atoms with Crippen molar-refractivity contribution >= 4 is 0 Å². The molecule has 2 atom stereocenters. The minimum absolute atomic E-state index is 0.278. The van der Waals surface area contributed by atoms with Crippen LogP contribution in [0.1, 0.15) is 43.4 Å². The average Bonchev–Trinajstić information content (AvgIpc) is 2.23. The second kappa shape index (κ2) is 4.14. The molecule has 2 unspecified atom stereocenters. The lowest BCUT2D eigenvalue weighted by molar-refractivity contribution is 0.352. The number of nitrogens with two attached hydrogens (primary N) is 1. The quantitative estimate of drug-likeness (QED) is 0.760. The monoisotopic (exact) mass is 189 g/mol. The lowest BCUT2D eigenvalue weighted by atomic mass is 9.78. The first-order valence-electron chi connectivity index (χ1n) is 5.66. The lowest BCUT2D eigenvalue weighted by Gasteiger charge is -2.30. The first kappa shape index (κ1) is 9.72. The van der Waals surface area contributed by atoms with Crippen LogP contribution < -0.4 is 5.73 Å². The molecule has 0 saturated carbocycles. The van der Waals surface area contributed by atoms with Gasteiger partial charge in [-0.05, 0) is 36.3 Å². The molecule has 1 nitrogen and oxygen atoms in total. The Morgan fingerprint density at radius 2 is 2.14 bits per heavy atom. The Morgan fingerprint density at radius 3 is 2.93 bits per heavy atom. The largest absolute Gasteiger partial charge is 0.324 e. The Kier molecular flexibility index (Phi) is 2.87. The zero-order valence-electron chi connectivity index (χ0n) is 8.87. The van der Waals surface area contributed by atoms with Gasteiger partial charge < -0.3 is 5.73 Å². The Bertz CT molecular complexity index is 306. The Morgan fingerprint density at radius 1 is 1.36 bits per heavy atom. The zero-order chi connectivity index (χ0) is 9.97. The van der Waals surface area contributed by atoms with E-state index in [1.165, 1.54) is 36.8 Å². The van der Waals surface area contributed by atoms with Gasteiger partial charge in [0.25, 0.3) is 0 Å². The first-order chi connectivity index (χ1) is 6.83. The van der Waals surface area contributed by atoms with Crippen LogP contribution >= 0.6 is 0 Å². The smallest absolute Gasteiger partial charge is 0.0326 e. The van der Waals surface area contributed by atoms with E-state index in [1.807, 2.05) is 0 Å². The van der Waals surface area contributed by atoms with Crippen LogP contribution in [0, 0.1) is 5.92 Å². The van der Waals surface area contributed by atoms with Crippen LogP contribution in [0.4, 0.5) is 0 Å². The van der Waals surface area contributed by atoms with Gasteiger partial charge in [0.15, 0.2) is 0 Å². The summed E-state index contributed by atoms with van der Waals surface area (Å²) in [5, 5.41) is 0. The second-order valence-electron chi connectivity index (χ2n) is 4.31. The number of fused-ring (bicyclic) bond motifs is 1.